The standard InChI is InChI=1S/C14H13/c1-2-6-12-10-14-8-4-3-7-13(14)9-11(12)5-1/h1-7,13-14H,9-10H2. The molecular formula is C14H13. The SMILES string of the molecule is [C]1=CC=CC2Cc3ccccc3CC12. The summed E-state index contributed by atoms with van der Waals surface area (Å²) < 4.78 is 0. The van der Waals surface area contributed by atoms with Gasteiger partial charge in [0.2, 0.25) is 0 Å². The van der Waals surface area contributed by atoms with Crippen LogP contribution >= 0.6 is 0 Å². The molecule has 2 aliphatic carbocycles. The minimum atomic E-state index is 0.620. The van der Waals surface area contributed by atoms with Gasteiger partial charge in [-0.25, -0.2) is 0 Å². The van der Waals surface area contributed by atoms with Crippen LogP contribution in [0.25, 0.3) is 0 Å². The van der Waals surface area contributed by atoms with E-state index in [1.54, 1.807) is 0 Å². The first-order valence-electron chi connectivity index (χ1n) is 5.26. The molecule has 0 spiro atoms. The van der Waals surface area contributed by atoms with Crippen LogP contribution in [0.15, 0.2) is 42.5 Å². The van der Waals surface area contributed by atoms with Crippen molar-refractivity contribution in [2.24, 2.45) is 11.8 Å². The minimum absolute atomic E-state index is 0.620. The first-order valence-corrected chi connectivity index (χ1v) is 5.26. The fourth-order valence-electron chi connectivity index (χ4n) is 2.50. The van der Waals surface area contributed by atoms with Crippen LogP contribution in [0.3, 0.4) is 0 Å². The third kappa shape index (κ3) is 1.22. The van der Waals surface area contributed by atoms with Gasteiger partial charge in [0, 0.05) is 0 Å². The normalized spacial score (nSPS) is 28.3. The Morgan fingerprint density at radius 1 is 1.07 bits per heavy atom. The molecule has 1 radical (unpaired) electrons. The van der Waals surface area contributed by atoms with E-state index in [-0.39, 0.29) is 0 Å². The van der Waals surface area contributed by atoms with Crippen LogP contribution in [0.5, 0.6) is 0 Å². The van der Waals surface area contributed by atoms with Crippen LogP contribution in [0.1, 0.15) is 11.1 Å². The molecule has 2 unspecified atom stereocenters. The number of hydrogen-bond acceptors (Lipinski definition) is 0. The smallest absolute Gasteiger partial charge is 0.00523 e. The molecule has 0 bridgehead atoms. The minimum Gasteiger partial charge on any atom is -0.0805 e. The van der Waals surface area contributed by atoms with Gasteiger partial charge in [-0.05, 0) is 41.9 Å². The molecule has 2 aliphatic rings. The zero-order chi connectivity index (χ0) is 9.38. The molecule has 2 atom stereocenters. The first kappa shape index (κ1) is 8.05. The van der Waals surface area contributed by atoms with Gasteiger partial charge in [-0.2, -0.15) is 0 Å². The second-order valence-electron chi connectivity index (χ2n) is 4.17. The number of benzene rings is 1. The molecule has 69 valence electrons. The number of allylic oxidation sites excluding steroid dienone is 4. The summed E-state index contributed by atoms with van der Waals surface area (Å²) in [4.78, 5) is 0. The lowest BCUT2D eigenvalue weighted by Crippen LogP contribution is -2.23. The van der Waals surface area contributed by atoms with Gasteiger partial charge in [-0.15, -0.1) is 0 Å². The van der Waals surface area contributed by atoms with Gasteiger partial charge in [0.15, 0.2) is 0 Å². The van der Waals surface area contributed by atoms with Crippen LogP contribution in [0, 0.1) is 17.9 Å². The van der Waals surface area contributed by atoms with Gasteiger partial charge < -0.3 is 0 Å². The third-order valence-corrected chi connectivity index (χ3v) is 3.30. The predicted molar refractivity (Wildman–Crippen MR) is 57.8 cm³/mol. The Kier molecular flexibility index (Phi) is 1.80. The fourth-order valence-corrected chi connectivity index (χ4v) is 2.50. The molecule has 14 heavy (non-hydrogen) atoms. The van der Waals surface area contributed by atoms with E-state index in [4.69, 9.17) is 0 Å². The number of hydrogen-bond donors (Lipinski definition) is 0. The van der Waals surface area contributed by atoms with E-state index in [9.17, 15) is 0 Å². The number of rotatable bonds is 0. The molecule has 0 aliphatic heterocycles. The highest BCUT2D eigenvalue weighted by atomic mass is 14.3. The van der Waals surface area contributed by atoms with E-state index in [0.717, 1.165) is 0 Å². The Hall–Kier alpha value is -1.30. The van der Waals surface area contributed by atoms with Crippen LogP contribution in [-0.2, 0) is 12.8 Å². The van der Waals surface area contributed by atoms with Crippen LogP contribution in [0.2, 0.25) is 0 Å². The Balaban J connectivity index is 2.00. The van der Waals surface area contributed by atoms with Gasteiger partial charge in [-0.1, -0.05) is 42.5 Å². The summed E-state index contributed by atoms with van der Waals surface area (Å²) in [5.74, 6) is 1.31. The van der Waals surface area contributed by atoms with Crippen molar-refractivity contribution >= 4 is 0 Å². The molecule has 0 heterocycles. The van der Waals surface area contributed by atoms with E-state index >= 15 is 0 Å². The molecule has 0 saturated heterocycles. The average Bonchev–Trinajstić information content (AvgIpc) is 2.26. The highest BCUT2D eigenvalue weighted by Gasteiger charge is 2.25. The largest absolute Gasteiger partial charge is 0.0805 e. The van der Waals surface area contributed by atoms with E-state index in [1.807, 2.05) is 0 Å². The van der Waals surface area contributed by atoms with Crippen LogP contribution in [-0.4, -0.2) is 0 Å². The van der Waals surface area contributed by atoms with Crippen molar-refractivity contribution in [1.29, 1.82) is 0 Å². The van der Waals surface area contributed by atoms with Crippen molar-refractivity contribution in [3.63, 3.8) is 0 Å². The molecule has 1 aromatic rings. The molecule has 0 heteroatoms. The van der Waals surface area contributed by atoms with Crippen molar-refractivity contribution in [3.8, 4) is 0 Å². The summed E-state index contributed by atoms with van der Waals surface area (Å²) in [7, 11) is 0. The van der Waals surface area contributed by atoms with Crippen molar-refractivity contribution in [2.75, 3.05) is 0 Å². The maximum atomic E-state index is 3.45. The summed E-state index contributed by atoms with van der Waals surface area (Å²) in [6.45, 7) is 0. The lowest BCUT2D eigenvalue weighted by Gasteiger charge is -2.30. The maximum Gasteiger partial charge on any atom is -0.00523 e. The van der Waals surface area contributed by atoms with Crippen LogP contribution < -0.4 is 0 Å². The zero-order valence-electron chi connectivity index (χ0n) is 8.11. The van der Waals surface area contributed by atoms with Gasteiger partial charge in [0.1, 0.15) is 0 Å². The molecular weight excluding hydrogens is 168 g/mol. The first-order chi connectivity index (χ1) is 6.93. The monoisotopic (exact) mass is 181 g/mol. The van der Waals surface area contributed by atoms with Crippen LogP contribution in [0.4, 0.5) is 0 Å². The van der Waals surface area contributed by atoms with Gasteiger partial charge in [0.25, 0.3) is 0 Å². The molecule has 0 fully saturated rings. The fraction of sp³-hybridized carbons (Fsp3) is 0.286. The molecule has 0 N–H and O–H groups in total. The van der Waals surface area contributed by atoms with E-state index < -0.39 is 0 Å². The van der Waals surface area contributed by atoms with Crippen molar-refractivity contribution in [3.05, 3.63) is 59.7 Å². The zero-order valence-corrected chi connectivity index (χ0v) is 8.11. The maximum absolute atomic E-state index is 3.45. The summed E-state index contributed by atoms with van der Waals surface area (Å²) >= 11 is 0. The molecule has 0 nitrogen and oxygen atoms in total. The van der Waals surface area contributed by atoms with Crippen molar-refractivity contribution in [2.45, 2.75) is 12.8 Å². The quantitative estimate of drug-likeness (QED) is 0.577. The highest BCUT2D eigenvalue weighted by molar-refractivity contribution is 5.33. The Bertz CT molecular complexity index is 359. The third-order valence-electron chi connectivity index (χ3n) is 3.30. The van der Waals surface area contributed by atoms with E-state index in [0.29, 0.717) is 11.8 Å². The lowest BCUT2D eigenvalue weighted by molar-refractivity contribution is 0.426. The molecule has 1 aromatic carbocycles. The Labute approximate surface area is 85.0 Å². The van der Waals surface area contributed by atoms with E-state index in [1.165, 1.54) is 24.0 Å². The number of fused-ring (bicyclic) bond motifs is 2. The molecule has 0 amide bonds. The van der Waals surface area contributed by atoms with Crippen molar-refractivity contribution < 1.29 is 0 Å². The topological polar surface area (TPSA) is 0 Å². The lowest BCUT2D eigenvalue weighted by atomic mass is 9.74. The molecule has 0 aromatic heterocycles. The Morgan fingerprint density at radius 3 is 2.71 bits per heavy atom. The Morgan fingerprint density at radius 2 is 1.86 bits per heavy atom. The van der Waals surface area contributed by atoms with Gasteiger partial charge in [0.05, 0.1) is 0 Å². The van der Waals surface area contributed by atoms with Gasteiger partial charge >= 0.3 is 0 Å². The average molecular weight is 181 g/mol. The summed E-state index contributed by atoms with van der Waals surface area (Å²) in [6, 6.07) is 8.80. The molecule has 3 rings (SSSR count). The molecule has 0 saturated carbocycles. The summed E-state index contributed by atoms with van der Waals surface area (Å²) in [5, 5.41) is 0. The summed E-state index contributed by atoms with van der Waals surface area (Å²) in [6.07, 6.45) is 12.3. The predicted octanol–water partition coefficient (Wildman–Crippen LogP) is 2.95. The highest BCUT2D eigenvalue weighted by Crippen LogP contribution is 2.33. The second-order valence-corrected chi connectivity index (χ2v) is 4.17. The summed E-state index contributed by atoms with van der Waals surface area (Å²) in [5.41, 5.74) is 3.05. The van der Waals surface area contributed by atoms with Crippen molar-refractivity contribution in [1.82, 2.24) is 0 Å². The van der Waals surface area contributed by atoms with E-state index in [2.05, 4.69) is 48.6 Å². The second kappa shape index (κ2) is 3.13. The van der Waals surface area contributed by atoms with Gasteiger partial charge in [-0.3, -0.25) is 0 Å².